The van der Waals surface area contributed by atoms with Gasteiger partial charge < -0.3 is 14.8 Å². The van der Waals surface area contributed by atoms with Gasteiger partial charge in [-0.25, -0.2) is 0 Å². The van der Waals surface area contributed by atoms with Gasteiger partial charge in [-0.3, -0.25) is 4.79 Å². The van der Waals surface area contributed by atoms with Crippen LogP contribution in [0.2, 0.25) is 0 Å². The van der Waals surface area contributed by atoms with Gasteiger partial charge >= 0.3 is 0 Å². The number of hydrogen-bond acceptors (Lipinski definition) is 3. The third-order valence-corrected chi connectivity index (χ3v) is 3.57. The predicted molar refractivity (Wildman–Crippen MR) is 77.4 cm³/mol. The fourth-order valence-corrected chi connectivity index (χ4v) is 2.61. The topological polar surface area (TPSA) is 47.6 Å². The van der Waals surface area contributed by atoms with Crippen molar-refractivity contribution in [1.29, 1.82) is 0 Å². The van der Waals surface area contributed by atoms with E-state index in [1.54, 1.807) is 0 Å². The number of carbonyl (C=O) groups is 1. The monoisotopic (exact) mass is 277 g/mol. The lowest BCUT2D eigenvalue weighted by atomic mass is 10.1. The molecule has 0 saturated heterocycles. The average Bonchev–Trinajstić information content (AvgIpc) is 2.89. The minimum Gasteiger partial charge on any atom is -0.351 e. The molecule has 4 nitrogen and oxygen atoms in total. The zero-order valence-electron chi connectivity index (χ0n) is 12.2. The lowest BCUT2D eigenvalue weighted by Crippen LogP contribution is -2.38. The maximum atomic E-state index is 12.2. The molecule has 0 spiro atoms. The van der Waals surface area contributed by atoms with E-state index in [1.807, 2.05) is 26.0 Å². The molecule has 0 aliphatic heterocycles. The first kappa shape index (κ1) is 15.0. The fraction of sp³-hybridized carbons (Fsp3) is 0.562. The predicted octanol–water partition coefficient (Wildman–Crippen LogP) is 1.92. The van der Waals surface area contributed by atoms with E-state index in [1.165, 1.54) is 11.1 Å². The molecule has 1 aromatic rings. The van der Waals surface area contributed by atoms with Crippen LogP contribution in [-0.2, 0) is 27.1 Å². The third kappa shape index (κ3) is 3.81. The summed E-state index contributed by atoms with van der Waals surface area (Å²) in [5.74, 6) is 0.127. The number of ether oxygens (including phenoxy) is 2. The molecule has 20 heavy (non-hydrogen) atoms. The van der Waals surface area contributed by atoms with Crippen LogP contribution in [0.15, 0.2) is 24.3 Å². The van der Waals surface area contributed by atoms with Gasteiger partial charge in [0.1, 0.15) is 0 Å². The van der Waals surface area contributed by atoms with Gasteiger partial charge in [0, 0.05) is 19.1 Å². The second-order valence-corrected chi connectivity index (χ2v) is 4.96. The number of hydrogen-bond donors (Lipinski definition) is 1. The van der Waals surface area contributed by atoms with Crippen LogP contribution >= 0.6 is 0 Å². The molecule has 1 N–H and O–H groups in total. The molecule has 0 atom stereocenters. The quantitative estimate of drug-likeness (QED) is 0.775. The van der Waals surface area contributed by atoms with E-state index in [-0.39, 0.29) is 18.1 Å². The van der Waals surface area contributed by atoms with Crippen molar-refractivity contribution in [2.75, 3.05) is 19.8 Å². The van der Waals surface area contributed by atoms with Crippen molar-refractivity contribution in [2.24, 2.45) is 5.92 Å². The summed E-state index contributed by atoms with van der Waals surface area (Å²) in [6, 6.07) is 8.26. The normalized spacial score (nSPS) is 14.6. The highest BCUT2D eigenvalue weighted by Crippen LogP contribution is 2.26. The molecule has 0 heterocycles. The second-order valence-electron chi connectivity index (χ2n) is 4.96. The van der Waals surface area contributed by atoms with E-state index < -0.39 is 0 Å². The van der Waals surface area contributed by atoms with Gasteiger partial charge in [0.15, 0.2) is 6.29 Å². The molecule has 0 aromatic heterocycles. The zero-order chi connectivity index (χ0) is 14.4. The second kappa shape index (κ2) is 7.41. The number of carbonyl (C=O) groups excluding carboxylic acids is 1. The Bertz CT molecular complexity index is 416. The molecule has 0 unspecified atom stereocenters. The smallest absolute Gasteiger partial charge is 0.223 e. The SMILES string of the molecule is CCOC(CNC(=O)C1Cc2ccccc2C1)OCC. The lowest BCUT2D eigenvalue weighted by molar-refractivity contribution is -0.142. The van der Waals surface area contributed by atoms with Crippen molar-refractivity contribution in [3.63, 3.8) is 0 Å². The molecular formula is C16H23NO3. The maximum absolute atomic E-state index is 12.2. The van der Waals surface area contributed by atoms with Crippen LogP contribution < -0.4 is 5.32 Å². The minimum absolute atomic E-state index is 0.0382. The van der Waals surface area contributed by atoms with E-state index in [0.717, 1.165) is 12.8 Å². The number of amides is 1. The molecule has 1 aliphatic carbocycles. The molecule has 1 amide bonds. The van der Waals surface area contributed by atoms with Gasteiger partial charge in [0.05, 0.1) is 6.54 Å². The van der Waals surface area contributed by atoms with Crippen molar-refractivity contribution < 1.29 is 14.3 Å². The highest BCUT2D eigenvalue weighted by molar-refractivity contribution is 5.80. The number of fused-ring (bicyclic) bond motifs is 1. The Labute approximate surface area is 120 Å². The van der Waals surface area contributed by atoms with Crippen molar-refractivity contribution in [1.82, 2.24) is 5.32 Å². The first-order chi connectivity index (χ1) is 9.74. The largest absolute Gasteiger partial charge is 0.351 e. The molecule has 2 rings (SSSR count). The highest BCUT2D eigenvalue weighted by Gasteiger charge is 2.27. The molecule has 110 valence electrons. The summed E-state index contributed by atoms with van der Waals surface area (Å²) in [7, 11) is 0. The standard InChI is InChI=1S/C16H23NO3/c1-3-19-15(20-4-2)11-17-16(18)14-9-12-7-5-6-8-13(12)10-14/h5-8,14-15H,3-4,9-11H2,1-2H3,(H,17,18). The van der Waals surface area contributed by atoms with E-state index in [9.17, 15) is 4.79 Å². The van der Waals surface area contributed by atoms with Gasteiger partial charge in [-0.05, 0) is 37.8 Å². The van der Waals surface area contributed by atoms with Crippen LogP contribution in [0, 0.1) is 5.92 Å². The van der Waals surface area contributed by atoms with Gasteiger partial charge in [0.2, 0.25) is 5.91 Å². The van der Waals surface area contributed by atoms with Crippen LogP contribution in [0.5, 0.6) is 0 Å². The van der Waals surface area contributed by atoms with Crippen LogP contribution in [0.25, 0.3) is 0 Å². The van der Waals surface area contributed by atoms with Crippen molar-refractivity contribution in [3.05, 3.63) is 35.4 Å². The summed E-state index contributed by atoms with van der Waals surface area (Å²) in [4.78, 5) is 12.2. The summed E-state index contributed by atoms with van der Waals surface area (Å²) in [5, 5.41) is 2.94. The van der Waals surface area contributed by atoms with Crippen LogP contribution in [0.3, 0.4) is 0 Å². The maximum Gasteiger partial charge on any atom is 0.223 e. The number of nitrogens with one attached hydrogen (secondary N) is 1. The number of rotatable bonds is 7. The lowest BCUT2D eigenvalue weighted by Gasteiger charge is -2.18. The molecule has 4 heteroatoms. The fourth-order valence-electron chi connectivity index (χ4n) is 2.61. The average molecular weight is 277 g/mol. The molecular weight excluding hydrogens is 254 g/mol. The summed E-state index contributed by atoms with van der Waals surface area (Å²) in [5.41, 5.74) is 2.58. The first-order valence-electron chi connectivity index (χ1n) is 7.32. The van der Waals surface area contributed by atoms with E-state index in [0.29, 0.717) is 19.8 Å². The summed E-state index contributed by atoms with van der Waals surface area (Å²) < 4.78 is 10.8. The van der Waals surface area contributed by atoms with Crippen molar-refractivity contribution in [2.45, 2.75) is 33.0 Å². The summed E-state index contributed by atoms with van der Waals surface area (Å²) in [6.07, 6.45) is 1.31. The van der Waals surface area contributed by atoms with Crippen molar-refractivity contribution in [3.8, 4) is 0 Å². The van der Waals surface area contributed by atoms with Crippen LogP contribution in [-0.4, -0.2) is 32.0 Å². The third-order valence-electron chi connectivity index (χ3n) is 3.57. The van der Waals surface area contributed by atoms with Crippen molar-refractivity contribution >= 4 is 5.91 Å². The Morgan fingerprint density at radius 3 is 2.25 bits per heavy atom. The summed E-state index contributed by atoms with van der Waals surface area (Å²) in [6.45, 7) is 5.40. The molecule has 0 bridgehead atoms. The van der Waals surface area contributed by atoms with Gasteiger partial charge in [-0.15, -0.1) is 0 Å². The molecule has 1 aromatic carbocycles. The Hall–Kier alpha value is -1.39. The Morgan fingerprint density at radius 2 is 1.75 bits per heavy atom. The first-order valence-corrected chi connectivity index (χ1v) is 7.32. The van der Waals surface area contributed by atoms with E-state index in [4.69, 9.17) is 9.47 Å². The Morgan fingerprint density at radius 1 is 1.20 bits per heavy atom. The van der Waals surface area contributed by atoms with E-state index >= 15 is 0 Å². The molecule has 1 aliphatic rings. The highest BCUT2D eigenvalue weighted by atomic mass is 16.7. The van der Waals surface area contributed by atoms with Crippen LogP contribution in [0.4, 0.5) is 0 Å². The minimum atomic E-state index is -0.349. The molecule has 0 fully saturated rings. The van der Waals surface area contributed by atoms with Gasteiger partial charge in [-0.2, -0.15) is 0 Å². The van der Waals surface area contributed by atoms with Gasteiger partial charge in [-0.1, -0.05) is 24.3 Å². The van der Waals surface area contributed by atoms with Gasteiger partial charge in [0.25, 0.3) is 0 Å². The van der Waals surface area contributed by atoms with E-state index in [2.05, 4.69) is 17.4 Å². The number of benzene rings is 1. The Balaban J connectivity index is 1.81. The molecule has 0 radical (unpaired) electrons. The zero-order valence-corrected chi connectivity index (χ0v) is 12.2. The summed E-state index contributed by atoms with van der Waals surface area (Å²) >= 11 is 0. The molecule has 0 saturated carbocycles. The Kier molecular flexibility index (Phi) is 5.56. The van der Waals surface area contributed by atoms with Crippen LogP contribution in [0.1, 0.15) is 25.0 Å².